The summed E-state index contributed by atoms with van der Waals surface area (Å²) in [5.41, 5.74) is 4.62. The second-order valence-corrected chi connectivity index (χ2v) is 6.75. The van der Waals surface area contributed by atoms with Crippen LogP contribution in [0.3, 0.4) is 0 Å². The molecule has 0 saturated carbocycles. The van der Waals surface area contributed by atoms with E-state index < -0.39 is 5.97 Å². The van der Waals surface area contributed by atoms with Crippen molar-refractivity contribution in [3.05, 3.63) is 89.3 Å². The maximum atomic E-state index is 12.1. The van der Waals surface area contributed by atoms with Crippen molar-refractivity contribution in [1.29, 1.82) is 0 Å². The minimum Gasteiger partial charge on any atom is -0.489 e. The third-order valence-electron chi connectivity index (χ3n) is 4.48. The van der Waals surface area contributed by atoms with Gasteiger partial charge in [0.1, 0.15) is 12.4 Å². The zero-order chi connectivity index (χ0) is 20.8. The van der Waals surface area contributed by atoms with Gasteiger partial charge in [0.05, 0.1) is 19.2 Å². The molecule has 0 unspecified atom stereocenters. The van der Waals surface area contributed by atoms with Crippen molar-refractivity contribution >= 4 is 17.3 Å². The minimum absolute atomic E-state index is 0.307. The van der Waals surface area contributed by atoms with Crippen LogP contribution in [0.15, 0.2) is 66.7 Å². The second kappa shape index (κ2) is 8.94. The Bertz CT molecular complexity index is 1050. The lowest BCUT2D eigenvalue weighted by atomic mass is 9.99. The number of rotatable bonds is 6. The minimum atomic E-state index is -0.412. The van der Waals surface area contributed by atoms with Crippen LogP contribution in [0.4, 0.5) is 11.4 Å². The summed E-state index contributed by atoms with van der Waals surface area (Å²) in [7, 11) is 5.33. The average Bonchev–Trinajstić information content (AvgIpc) is 2.77. The molecule has 5 nitrogen and oxygen atoms in total. The molecule has 146 valence electrons. The number of methoxy groups -OCH3 is 1. The number of hydrogen-bond donors (Lipinski definition) is 0. The molecule has 3 aromatic carbocycles. The Morgan fingerprint density at radius 1 is 1.00 bits per heavy atom. The van der Waals surface area contributed by atoms with E-state index in [0.717, 1.165) is 28.1 Å². The standard InChI is InChI=1S/C24H22N2O3/c1-25-21-7-5-6-18(15-21)19-12-17(13-20(14-19)24(27)28-4)16-29-23-10-8-22(9-11-23)26(2)3/h5-15H,16H2,2-4H3. The predicted octanol–water partition coefficient (Wildman–Crippen LogP) is 5.34. The molecule has 0 spiro atoms. The van der Waals surface area contributed by atoms with Crippen molar-refractivity contribution in [3.8, 4) is 16.9 Å². The summed E-state index contributed by atoms with van der Waals surface area (Å²) in [6.45, 7) is 7.52. The van der Waals surface area contributed by atoms with Gasteiger partial charge in [-0.05, 0) is 65.2 Å². The van der Waals surface area contributed by atoms with Crippen molar-refractivity contribution in [2.45, 2.75) is 6.61 Å². The zero-order valence-corrected chi connectivity index (χ0v) is 16.7. The third kappa shape index (κ3) is 4.94. The smallest absolute Gasteiger partial charge is 0.337 e. The van der Waals surface area contributed by atoms with Gasteiger partial charge in [-0.15, -0.1) is 0 Å². The fraction of sp³-hybridized carbons (Fsp3) is 0.167. The van der Waals surface area contributed by atoms with E-state index in [-0.39, 0.29) is 0 Å². The summed E-state index contributed by atoms with van der Waals surface area (Å²) in [6.07, 6.45) is 0. The van der Waals surface area contributed by atoms with Crippen LogP contribution in [0.1, 0.15) is 15.9 Å². The largest absolute Gasteiger partial charge is 0.489 e. The summed E-state index contributed by atoms with van der Waals surface area (Å²) in [6, 6.07) is 20.6. The molecule has 3 rings (SSSR count). The van der Waals surface area contributed by atoms with Gasteiger partial charge in [-0.3, -0.25) is 0 Å². The molecule has 5 heteroatoms. The number of nitrogens with zero attached hydrogens (tertiary/aromatic N) is 2. The van der Waals surface area contributed by atoms with Gasteiger partial charge in [-0.2, -0.15) is 0 Å². The van der Waals surface area contributed by atoms with E-state index in [0.29, 0.717) is 17.9 Å². The Morgan fingerprint density at radius 3 is 2.41 bits per heavy atom. The molecular weight excluding hydrogens is 364 g/mol. The molecule has 0 atom stereocenters. The van der Waals surface area contributed by atoms with Crippen LogP contribution in [0.5, 0.6) is 5.75 Å². The molecule has 0 heterocycles. The Balaban J connectivity index is 1.89. The van der Waals surface area contributed by atoms with Crippen molar-refractivity contribution < 1.29 is 14.3 Å². The highest BCUT2D eigenvalue weighted by molar-refractivity contribution is 5.91. The molecular formula is C24H22N2O3. The van der Waals surface area contributed by atoms with Gasteiger partial charge in [0.25, 0.3) is 0 Å². The van der Waals surface area contributed by atoms with E-state index in [2.05, 4.69) is 4.85 Å². The van der Waals surface area contributed by atoms with E-state index >= 15 is 0 Å². The van der Waals surface area contributed by atoms with Gasteiger partial charge in [-0.1, -0.05) is 18.2 Å². The van der Waals surface area contributed by atoms with Crippen molar-refractivity contribution in [1.82, 2.24) is 0 Å². The van der Waals surface area contributed by atoms with Crippen LogP contribution in [0.2, 0.25) is 0 Å². The Kier molecular flexibility index (Phi) is 6.16. The predicted molar refractivity (Wildman–Crippen MR) is 115 cm³/mol. The number of hydrogen-bond acceptors (Lipinski definition) is 4. The molecule has 0 radical (unpaired) electrons. The van der Waals surface area contributed by atoms with Crippen LogP contribution >= 0.6 is 0 Å². The topological polar surface area (TPSA) is 43.1 Å². The van der Waals surface area contributed by atoms with Crippen LogP contribution in [0.25, 0.3) is 16.0 Å². The Morgan fingerprint density at radius 2 is 1.76 bits per heavy atom. The zero-order valence-electron chi connectivity index (χ0n) is 16.7. The summed E-state index contributed by atoms with van der Waals surface area (Å²) in [4.78, 5) is 17.6. The normalized spacial score (nSPS) is 10.1. The molecule has 0 fully saturated rings. The Hall–Kier alpha value is -3.78. The van der Waals surface area contributed by atoms with Crippen molar-refractivity contribution in [2.75, 3.05) is 26.1 Å². The van der Waals surface area contributed by atoms with E-state index in [1.165, 1.54) is 7.11 Å². The molecule has 0 amide bonds. The number of carbonyl (C=O) groups excluding carboxylic acids is 1. The highest BCUT2D eigenvalue weighted by atomic mass is 16.5. The number of carbonyl (C=O) groups is 1. The van der Waals surface area contributed by atoms with Gasteiger partial charge in [0.15, 0.2) is 5.69 Å². The summed E-state index contributed by atoms with van der Waals surface area (Å²) < 4.78 is 10.8. The van der Waals surface area contributed by atoms with Crippen LogP contribution in [0, 0.1) is 6.57 Å². The van der Waals surface area contributed by atoms with E-state index in [4.69, 9.17) is 16.0 Å². The molecule has 0 aliphatic carbocycles. The maximum Gasteiger partial charge on any atom is 0.337 e. The van der Waals surface area contributed by atoms with Crippen LogP contribution in [-0.2, 0) is 11.3 Å². The molecule has 0 aliphatic heterocycles. The number of esters is 1. The van der Waals surface area contributed by atoms with Crippen LogP contribution < -0.4 is 9.64 Å². The van der Waals surface area contributed by atoms with E-state index in [9.17, 15) is 4.79 Å². The van der Waals surface area contributed by atoms with Gasteiger partial charge in [0.2, 0.25) is 0 Å². The lowest BCUT2D eigenvalue weighted by Crippen LogP contribution is -2.08. The van der Waals surface area contributed by atoms with Crippen molar-refractivity contribution in [2.24, 2.45) is 0 Å². The highest BCUT2D eigenvalue weighted by Crippen LogP contribution is 2.27. The molecule has 0 saturated heterocycles. The summed E-state index contributed by atoms with van der Waals surface area (Å²) >= 11 is 0. The first kappa shape index (κ1) is 20.0. The lowest BCUT2D eigenvalue weighted by molar-refractivity contribution is 0.0600. The third-order valence-corrected chi connectivity index (χ3v) is 4.48. The molecule has 3 aromatic rings. The molecule has 29 heavy (non-hydrogen) atoms. The summed E-state index contributed by atoms with van der Waals surface area (Å²) in [5.74, 6) is 0.334. The molecule has 0 N–H and O–H groups in total. The first-order valence-corrected chi connectivity index (χ1v) is 9.10. The van der Waals surface area contributed by atoms with Gasteiger partial charge >= 0.3 is 5.97 Å². The Labute approximate surface area is 170 Å². The maximum absolute atomic E-state index is 12.1. The lowest BCUT2D eigenvalue weighted by Gasteiger charge is -2.14. The molecule has 0 aliphatic rings. The number of benzene rings is 3. The van der Waals surface area contributed by atoms with Gasteiger partial charge < -0.3 is 14.4 Å². The number of ether oxygens (including phenoxy) is 2. The van der Waals surface area contributed by atoms with Gasteiger partial charge in [-0.25, -0.2) is 9.64 Å². The van der Waals surface area contributed by atoms with Crippen molar-refractivity contribution in [3.63, 3.8) is 0 Å². The van der Waals surface area contributed by atoms with Gasteiger partial charge in [0, 0.05) is 19.8 Å². The fourth-order valence-corrected chi connectivity index (χ4v) is 2.94. The fourth-order valence-electron chi connectivity index (χ4n) is 2.94. The first-order chi connectivity index (χ1) is 14.0. The van der Waals surface area contributed by atoms with E-state index in [1.807, 2.05) is 61.5 Å². The summed E-state index contributed by atoms with van der Waals surface area (Å²) in [5, 5.41) is 0. The molecule has 0 aromatic heterocycles. The molecule has 0 bridgehead atoms. The van der Waals surface area contributed by atoms with E-state index in [1.54, 1.807) is 24.3 Å². The first-order valence-electron chi connectivity index (χ1n) is 9.10. The average molecular weight is 386 g/mol. The number of anilines is 1. The monoisotopic (exact) mass is 386 g/mol. The highest BCUT2D eigenvalue weighted by Gasteiger charge is 2.11. The second-order valence-electron chi connectivity index (χ2n) is 6.75. The SMILES string of the molecule is [C-]#[N+]c1cccc(-c2cc(COc3ccc(N(C)C)cc3)cc(C(=O)OC)c2)c1. The van der Waals surface area contributed by atoms with Crippen LogP contribution in [-0.4, -0.2) is 27.2 Å². The quantitative estimate of drug-likeness (QED) is 0.424.